The Morgan fingerprint density at radius 3 is 2.74 bits per heavy atom. The Labute approximate surface area is 133 Å². The van der Waals surface area contributed by atoms with E-state index in [0.29, 0.717) is 22.7 Å². The monoisotopic (exact) mass is 313 g/mol. The molecule has 1 N–H and O–H groups in total. The molecular weight excluding hydrogens is 298 g/mol. The lowest BCUT2D eigenvalue weighted by Crippen LogP contribution is -2.25. The largest absolute Gasteiger partial charge is 0.482 e. The summed E-state index contributed by atoms with van der Waals surface area (Å²) in [6, 6.07) is 14.0. The fraction of sp³-hybridized carbons (Fsp3) is 0.176. The second kappa shape index (κ2) is 6.39. The number of carbonyl (C=O) groups excluding carboxylic acids is 2. The van der Waals surface area contributed by atoms with Crippen molar-refractivity contribution >= 4 is 17.6 Å². The van der Waals surface area contributed by atoms with Crippen molar-refractivity contribution in [2.24, 2.45) is 0 Å². The quantitative estimate of drug-likeness (QED) is 0.877. The molecule has 1 amide bonds. The van der Waals surface area contributed by atoms with Gasteiger partial charge >= 0.3 is 5.97 Å². The van der Waals surface area contributed by atoms with Gasteiger partial charge in [0.1, 0.15) is 11.5 Å². The Morgan fingerprint density at radius 1 is 1.22 bits per heavy atom. The highest BCUT2D eigenvalue weighted by atomic mass is 16.6. The van der Waals surface area contributed by atoms with Crippen LogP contribution in [0.3, 0.4) is 0 Å². The number of hydrogen-bond donors (Lipinski definition) is 1. The summed E-state index contributed by atoms with van der Waals surface area (Å²) in [5, 5.41) is 2.70. The molecule has 0 aromatic heterocycles. The van der Waals surface area contributed by atoms with Crippen LogP contribution in [0.5, 0.6) is 11.5 Å². The molecule has 6 nitrogen and oxygen atoms in total. The van der Waals surface area contributed by atoms with Gasteiger partial charge in [-0.3, -0.25) is 4.79 Å². The topological polar surface area (TPSA) is 73.9 Å². The van der Waals surface area contributed by atoms with Crippen molar-refractivity contribution in [1.29, 1.82) is 0 Å². The second-order valence-corrected chi connectivity index (χ2v) is 4.93. The summed E-state index contributed by atoms with van der Waals surface area (Å²) < 4.78 is 15.9. The third kappa shape index (κ3) is 3.26. The maximum absolute atomic E-state index is 12.0. The normalized spacial score (nSPS) is 14.0. The zero-order valence-corrected chi connectivity index (χ0v) is 12.4. The maximum Gasteiger partial charge on any atom is 0.351 e. The summed E-state index contributed by atoms with van der Waals surface area (Å²) in [4.78, 5) is 23.4. The summed E-state index contributed by atoms with van der Waals surface area (Å²) in [7, 11) is 1.31. The van der Waals surface area contributed by atoms with E-state index in [1.165, 1.54) is 7.11 Å². The number of carbonyl (C=O) groups is 2. The smallest absolute Gasteiger partial charge is 0.351 e. The number of ether oxygens (including phenoxy) is 3. The summed E-state index contributed by atoms with van der Waals surface area (Å²) in [6.07, 6.45) is -0.889. The van der Waals surface area contributed by atoms with Gasteiger partial charge in [0.2, 0.25) is 6.10 Å². The van der Waals surface area contributed by atoms with Crippen LogP contribution in [0.4, 0.5) is 5.69 Å². The molecule has 0 saturated heterocycles. The summed E-state index contributed by atoms with van der Waals surface area (Å²) in [5.41, 5.74) is 1.19. The number of esters is 1. The zero-order valence-electron chi connectivity index (χ0n) is 12.4. The van der Waals surface area contributed by atoms with E-state index in [2.05, 4.69) is 5.32 Å². The average molecular weight is 313 g/mol. The fourth-order valence-corrected chi connectivity index (χ4v) is 2.26. The summed E-state index contributed by atoms with van der Waals surface area (Å²) >= 11 is 0. The van der Waals surface area contributed by atoms with Crippen LogP contribution in [0.2, 0.25) is 0 Å². The highest BCUT2D eigenvalue weighted by Gasteiger charge is 2.24. The summed E-state index contributed by atoms with van der Waals surface area (Å²) in [5.74, 6) is 0.247. The van der Waals surface area contributed by atoms with E-state index in [-0.39, 0.29) is 12.5 Å². The molecule has 1 heterocycles. The fourth-order valence-electron chi connectivity index (χ4n) is 2.26. The molecule has 3 rings (SSSR count). The maximum atomic E-state index is 12.0. The number of hydrogen-bond acceptors (Lipinski definition) is 5. The Kier molecular flexibility index (Phi) is 4.14. The highest BCUT2D eigenvalue weighted by Crippen LogP contribution is 2.33. The Morgan fingerprint density at radius 2 is 2.00 bits per heavy atom. The first kappa shape index (κ1) is 14.9. The molecule has 0 fully saturated rings. The van der Waals surface area contributed by atoms with E-state index in [4.69, 9.17) is 14.2 Å². The first-order valence-electron chi connectivity index (χ1n) is 7.03. The molecule has 2 aromatic carbocycles. The molecule has 1 unspecified atom stereocenters. The predicted octanol–water partition coefficient (Wildman–Crippen LogP) is 2.31. The van der Waals surface area contributed by atoms with Crippen LogP contribution in [-0.4, -0.2) is 25.6 Å². The Hall–Kier alpha value is -3.02. The van der Waals surface area contributed by atoms with Gasteiger partial charge in [-0.1, -0.05) is 30.3 Å². The molecule has 0 radical (unpaired) electrons. The van der Waals surface area contributed by atoms with Crippen LogP contribution in [-0.2, 0) is 14.3 Å². The van der Waals surface area contributed by atoms with Crippen LogP contribution in [0.1, 0.15) is 11.7 Å². The van der Waals surface area contributed by atoms with Gasteiger partial charge < -0.3 is 19.5 Å². The van der Waals surface area contributed by atoms with Crippen molar-refractivity contribution in [3.63, 3.8) is 0 Å². The minimum Gasteiger partial charge on any atom is -0.482 e. The SMILES string of the molecule is COC(=O)C(Oc1ccc2c(c1)NC(=O)CO2)c1ccccc1. The number of nitrogens with one attached hydrogen (secondary N) is 1. The Balaban J connectivity index is 1.87. The number of benzene rings is 2. The van der Waals surface area contributed by atoms with Gasteiger partial charge in [-0.2, -0.15) is 0 Å². The van der Waals surface area contributed by atoms with Crippen LogP contribution >= 0.6 is 0 Å². The van der Waals surface area contributed by atoms with Gasteiger partial charge in [-0.15, -0.1) is 0 Å². The molecule has 0 aliphatic carbocycles. The van der Waals surface area contributed by atoms with Gasteiger partial charge in [0.25, 0.3) is 5.91 Å². The Bertz CT molecular complexity index is 729. The van der Waals surface area contributed by atoms with E-state index in [1.807, 2.05) is 18.2 Å². The van der Waals surface area contributed by atoms with E-state index in [1.54, 1.807) is 30.3 Å². The van der Waals surface area contributed by atoms with Crippen molar-refractivity contribution in [2.75, 3.05) is 19.0 Å². The standard InChI is InChI=1S/C17H15NO5/c1-21-17(20)16(11-5-3-2-4-6-11)23-12-7-8-14-13(9-12)18-15(19)10-22-14/h2-9,16H,10H2,1H3,(H,18,19). The minimum atomic E-state index is -0.889. The lowest BCUT2D eigenvalue weighted by molar-refractivity contribution is -0.149. The molecule has 2 aromatic rings. The first-order valence-corrected chi connectivity index (χ1v) is 7.03. The number of anilines is 1. The summed E-state index contributed by atoms with van der Waals surface area (Å²) in [6.45, 7) is -0.0119. The van der Waals surface area contributed by atoms with Crippen LogP contribution < -0.4 is 14.8 Å². The molecular formula is C17H15NO5. The van der Waals surface area contributed by atoms with Crippen molar-refractivity contribution in [2.45, 2.75) is 6.10 Å². The first-order chi connectivity index (χ1) is 11.2. The number of rotatable bonds is 4. The molecule has 1 aliphatic heterocycles. The van der Waals surface area contributed by atoms with Crippen molar-refractivity contribution in [3.05, 3.63) is 54.1 Å². The minimum absolute atomic E-state index is 0.0119. The highest BCUT2D eigenvalue weighted by molar-refractivity contribution is 5.95. The van der Waals surface area contributed by atoms with E-state index < -0.39 is 12.1 Å². The lowest BCUT2D eigenvalue weighted by atomic mass is 10.1. The molecule has 0 saturated carbocycles. The molecule has 118 valence electrons. The van der Waals surface area contributed by atoms with Gasteiger partial charge in [0, 0.05) is 11.6 Å². The molecule has 0 bridgehead atoms. The number of amides is 1. The predicted molar refractivity (Wildman–Crippen MR) is 82.4 cm³/mol. The van der Waals surface area contributed by atoms with Crippen LogP contribution in [0.15, 0.2) is 48.5 Å². The lowest BCUT2D eigenvalue weighted by Gasteiger charge is -2.21. The van der Waals surface area contributed by atoms with Crippen molar-refractivity contribution < 1.29 is 23.8 Å². The third-order valence-electron chi connectivity index (χ3n) is 3.36. The third-order valence-corrected chi connectivity index (χ3v) is 3.36. The average Bonchev–Trinajstić information content (AvgIpc) is 2.59. The second-order valence-electron chi connectivity index (χ2n) is 4.93. The van der Waals surface area contributed by atoms with E-state index in [0.717, 1.165) is 0 Å². The van der Waals surface area contributed by atoms with Crippen LogP contribution in [0.25, 0.3) is 0 Å². The van der Waals surface area contributed by atoms with Crippen molar-refractivity contribution in [3.8, 4) is 11.5 Å². The zero-order chi connectivity index (χ0) is 16.2. The van der Waals surface area contributed by atoms with E-state index >= 15 is 0 Å². The number of fused-ring (bicyclic) bond motifs is 1. The molecule has 23 heavy (non-hydrogen) atoms. The van der Waals surface area contributed by atoms with Gasteiger partial charge in [0.05, 0.1) is 12.8 Å². The number of methoxy groups -OCH3 is 1. The van der Waals surface area contributed by atoms with Crippen LogP contribution in [0, 0.1) is 0 Å². The molecule has 0 spiro atoms. The molecule has 1 atom stereocenters. The molecule has 1 aliphatic rings. The molecule has 6 heteroatoms. The van der Waals surface area contributed by atoms with Gasteiger partial charge in [-0.25, -0.2) is 4.79 Å². The van der Waals surface area contributed by atoms with Gasteiger partial charge in [0.15, 0.2) is 6.61 Å². The van der Waals surface area contributed by atoms with E-state index in [9.17, 15) is 9.59 Å². The van der Waals surface area contributed by atoms with Crippen molar-refractivity contribution in [1.82, 2.24) is 0 Å². The van der Waals surface area contributed by atoms with Gasteiger partial charge in [-0.05, 0) is 12.1 Å².